The smallest absolute Gasteiger partial charge is 0.310 e. The Hall–Kier alpha value is -1.05. The minimum Gasteiger partial charge on any atom is -0.431 e. The standard InChI is InChI=1S/C46H80O2/c1-8-9-10-11-12-13-14-15-16-17-18-19-20-21-22-23-44(47)48-39-30-32-45(6)38(34-39)26-27-40-42-29-28-41(46(42,7)33-31-43(40)45)37(5)25-24-36(4)35(2)3/h15-16,30,35-38,40-43H,8-14,17-29,31-34H2,1-7H3/t36-,37+,38?,40-,41+,42-,43-,45-,46+/m0/s1. The molecule has 2 heteroatoms. The monoisotopic (exact) mass is 665 g/mol. The third kappa shape index (κ3) is 10.5. The van der Waals surface area contributed by atoms with E-state index >= 15 is 0 Å². The summed E-state index contributed by atoms with van der Waals surface area (Å²) >= 11 is 0. The summed E-state index contributed by atoms with van der Waals surface area (Å²) in [5, 5.41) is 0. The maximum Gasteiger partial charge on any atom is 0.310 e. The van der Waals surface area contributed by atoms with E-state index in [0.717, 1.165) is 72.9 Å². The van der Waals surface area contributed by atoms with Gasteiger partial charge in [0, 0.05) is 12.8 Å². The summed E-state index contributed by atoms with van der Waals surface area (Å²) in [4.78, 5) is 12.8. The van der Waals surface area contributed by atoms with Crippen molar-refractivity contribution in [2.24, 2.45) is 58.2 Å². The maximum absolute atomic E-state index is 12.8. The fourth-order valence-corrected chi connectivity index (χ4v) is 11.5. The average molecular weight is 665 g/mol. The number of hydrogen-bond donors (Lipinski definition) is 0. The van der Waals surface area contributed by atoms with E-state index in [1.807, 2.05) is 0 Å². The quantitative estimate of drug-likeness (QED) is 0.0693. The van der Waals surface area contributed by atoms with Gasteiger partial charge < -0.3 is 4.74 Å². The highest BCUT2D eigenvalue weighted by Crippen LogP contribution is 2.68. The van der Waals surface area contributed by atoms with Gasteiger partial charge in [0.25, 0.3) is 0 Å². The van der Waals surface area contributed by atoms with Gasteiger partial charge in [-0.05, 0) is 141 Å². The number of ether oxygens (including phenoxy) is 1. The molecule has 276 valence electrons. The molecule has 0 saturated heterocycles. The molecule has 0 radical (unpaired) electrons. The van der Waals surface area contributed by atoms with Crippen LogP contribution in [0.5, 0.6) is 0 Å². The molecular weight excluding hydrogens is 585 g/mol. The minimum atomic E-state index is 0.0125. The second kappa shape index (κ2) is 19.5. The molecule has 48 heavy (non-hydrogen) atoms. The first-order chi connectivity index (χ1) is 23.1. The Balaban J connectivity index is 1.13. The summed E-state index contributed by atoms with van der Waals surface area (Å²) in [5.41, 5.74) is 0.944. The number of carbonyl (C=O) groups is 1. The lowest BCUT2D eigenvalue weighted by atomic mass is 9.45. The first-order valence-electron chi connectivity index (χ1n) is 21.6. The maximum atomic E-state index is 12.8. The van der Waals surface area contributed by atoms with E-state index in [0.29, 0.717) is 23.2 Å². The summed E-state index contributed by atoms with van der Waals surface area (Å²) in [6.45, 7) is 17.5. The molecule has 0 N–H and O–H groups in total. The SMILES string of the molecule is CCCCCCCCC=CCCCCCCCC(=O)OC1=CC[C@@]2(C)C(CC[C@H]3[C@@H]4CC[C@H]([C@H](C)CC[C@H](C)C(C)C)[C@@]4(C)CC[C@@H]32)C1. The first-order valence-corrected chi connectivity index (χ1v) is 21.6. The average Bonchev–Trinajstić information content (AvgIpc) is 3.42. The summed E-state index contributed by atoms with van der Waals surface area (Å²) in [7, 11) is 0. The number of allylic oxidation sites excluding steroid dienone is 4. The molecular formula is C46H80O2. The number of rotatable bonds is 21. The molecule has 4 aliphatic rings. The second-order valence-corrected chi connectivity index (χ2v) is 18.5. The molecule has 0 spiro atoms. The van der Waals surface area contributed by atoms with Gasteiger partial charge in [-0.25, -0.2) is 0 Å². The summed E-state index contributed by atoms with van der Waals surface area (Å²) in [6, 6.07) is 0. The van der Waals surface area contributed by atoms with Gasteiger partial charge >= 0.3 is 5.97 Å². The van der Waals surface area contributed by atoms with Crippen molar-refractivity contribution in [1.29, 1.82) is 0 Å². The van der Waals surface area contributed by atoms with E-state index in [4.69, 9.17) is 4.74 Å². The third-order valence-corrected chi connectivity index (χ3v) is 15.1. The molecule has 0 bridgehead atoms. The molecule has 1 unspecified atom stereocenters. The van der Waals surface area contributed by atoms with Crippen molar-refractivity contribution in [3.05, 3.63) is 24.0 Å². The zero-order valence-corrected chi connectivity index (χ0v) is 33.1. The molecule has 4 aliphatic carbocycles. The Kier molecular flexibility index (Phi) is 16.2. The van der Waals surface area contributed by atoms with Gasteiger partial charge in [0.2, 0.25) is 0 Å². The van der Waals surface area contributed by atoms with Crippen LogP contribution in [0, 0.1) is 58.2 Å². The Morgan fingerprint density at radius 1 is 0.792 bits per heavy atom. The van der Waals surface area contributed by atoms with Crippen molar-refractivity contribution in [2.75, 3.05) is 0 Å². The molecule has 0 aromatic carbocycles. The largest absolute Gasteiger partial charge is 0.431 e. The van der Waals surface area contributed by atoms with Crippen molar-refractivity contribution in [3.8, 4) is 0 Å². The minimum absolute atomic E-state index is 0.0125. The summed E-state index contributed by atoms with van der Waals surface area (Å²) in [5.74, 6) is 7.84. The van der Waals surface area contributed by atoms with E-state index in [-0.39, 0.29) is 5.97 Å². The molecule has 3 fully saturated rings. The molecule has 3 saturated carbocycles. The molecule has 2 nitrogen and oxygen atoms in total. The van der Waals surface area contributed by atoms with E-state index in [1.165, 1.54) is 122 Å². The third-order valence-electron chi connectivity index (χ3n) is 15.1. The van der Waals surface area contributed by atoms with Gasteiger partial charge in [-0.15, -0.1) is 0 Å². The van der Waals surface area contributed by atoms with Crippen LogP contribution in [0.3, 0.4) is 0 Å². The van der Waals surface area contributed by atoms with Crippen LogP contribution in [-0.4, -0.2) is 5.97 Å². The molecule has 0 aromatic rings. The number of unbranched alkanes of at least 4 members (excludes halogenated alkanes) is 11. The predicted molar refractivity (Wildman–Crippen MR) is 207 cm³/mol. The van der Waals surface area contributed by atoms with Crippen molar-refractivity contribution >= 4 is 5.97 Å². The molecule has 0 amide bonds. The van der Waals surface area contributed by atoms with Gasteiger partial charge in [-0.3, -0.25) is 4.79 Å². The predicted octanol–water partition coefficient (Wildman–Crippen LogP) is 14.4. The lowest BCUT2D eigenvalue weighted by Crippen LogP contribution is -2.53. The zero-order chi connectivity index (χ0) is 34.6. The van der Waals surface area contributed by atoms with Crippen LogP contribution in [-0.2, 0) is 9.53 Å². The fraction of sp³-hybridized carbons (Fsp3) is 0.891. The van der Waals surface area contributed by atoms with Crippen LogP contribution in [0.4, 0.5) is 0 Å². The molecule has 0 aliphatic heterocycles. The van der Waals surface area contributed by atoms with Gasteiger partial charge in [-0.1, -0.05) is 125 Å². The highest BCUT2D eigenvalue weighted by Gasteiger charge is 2.60. The Bertz CT molecular complexity index is 1010. The van der Waals surface area contributed by atoms with Gasteiger partial charge in [0.15, 0.2) is 0 Å². The number of fused-ring (bicyclic) bond motifs is 5. The Morgan fingerprint density at radius 3 is 2.12 bits per heavy atom. The zero-order valence-electron chi connectivity index (χ0n) is 33.1. The Morgan fingerprint density at radius 2 is 1.44 bits per heavy atom. The van der Waals surface area contributed by atoms with Gasteiger partial charge in [0.05, 0.1) is 0 Å². The molecule has 0 aromatic heterocycles. The molecule has 9 atom stereocenters. The summed E-state index contributed by atoms with van der Waals surface area (Å²) in [6.07, 6.45) is 37.9. The fourth-order valence-electron chi connectivity index (χ4n) is 11.5. The van der Waals surface area contributed by atoms with Crippen LogP contribution >= 0.6 is 0 Å². The lowest BCUT2D eigenvalue weighted by Gasteiger charge is -2.60. The lowest BCUT2D eigenvalue weighted by molar-refractivity contribution is -0.142. The van der Waals surface area contributed by atoms with Crippen molar-refractivity contribution in [2.45, 2.75) is 203 Å². The first kappa shape index (κ1) is 39.7. The van der Waals surface area contributed by atoms with Crippen LogP contribution in [0.2, 0.25) is 0 Å². The topological polar surface area (TPSA) is 26.3 Å². The van der Waals surface area contributed by atoms with E-state index in [2.05, 4.69) is 66.7 Å². The van der Waals surface area contributed by atoms with Gasteiger partial charge in [0.1, 0.15) is 5.76 Å². The Labute approximate surface area is 299 Å². The van der Waals surface area contributed by atoms with E-state index in [9.17, 15) is 4.79 Å². The van der Waals surface area contributed by atoms with Crippen LogP contribution in [0.1, 0.15) is 203 Å². The molecule has 4 rings (SSSR count). The number of carbonyl (C=O) groups excluding carboxylic acids is 1. The molecule has 0 heterocycles. The van der Waals surface area contributed by atoms with Crippen molar-refractivity contribution < 1.29 is 9.53 Å². The normalized spacial score (nSPS) is 32.8. The van der Waals surface area contributed by atoms with Crippen LogP contribution in [0.25, 0.3) is 0 Å². The number of esters is 1. The van der Waals surface area contributed by atoms with Crippen molar-refractivity contribution in [3.63, 3.8) is 0 Å². The van der Waals surface area contributed by atoms with Crippen LogP contribution < -0.4 is 0 Å². The van der Waals surface area contributed by atoms with Gasteiger partial charge in [-0.2, -0.15) is 0 Å². The van der Waals surface area contributed by atoms with Crippen LogP contribution in [0.15, 0.2) is 24.0 Å². The highest BCUT2D eigenvalue weighted by molar-refractivity contribution is 5.70. The number of hydrogen-bond acceptors (Lipinski definition) is 2. The van der Waals surface area contributed by atoms with E-state index in [1.54, 1.807) is 0 Å². The van der Waals surface area contributed by atoms with Crippen molar-refractivity contribution in [1.82, 2.24) is 0 Å². The second-order valence-electron chi connectivity index (χ2n) is 18.5. The highest BCUT2D eigenvalue weighted by atomic mass is 16.5. The summed E-state index contributed by atoms with van der Waals surface area (Å²) < 4.78 is 6.03. The van der Waals surface area contributed by atoms with E-state index < -0.39 is 0 Å².